The molecule has 2 aliphatic rings. The topological polar surface area (TPSA) is 32.7 Å². The fraction of sp³-hybridized carbons (Fsp3) is 0.895. The Bertz CT molecular complexity index is 494. The number of hydrogen-bond acceptors (Lipinski definition) is 3. The fourth-order valence-corrected chi connectivity index (χ4v) is 4.51. The Kier molecular flexibility index (Phi) is 6.27. The van der Waals surface area contributed by atoms with Crippen LogP contribution in [0, 0.1) is 23.7 Å². The van der Waals surface area contributed by atoms with Gasteiger partial charge in [0, 0.05) is 5.92 Å². The number of rotatable bonds is 5. The van der Waals surface area contributed by atoms with Crippen LogP contribution in [-0.2, 0) is 4.84 Å². The van der Waals surface area contributed by atoms with E-state index < -0.39 is 17.8 Å². The van der Waals surface area contributed by atoms with Gasteiger partial charge in [-0.05, 0) is 50.4 Å². The van der Waals surface area contributed by atoms with Crippen molar-refractivity contribution in [3.8, 4) is 0 Å². The minimum Gasteiger partial charge on any atom is -0.289 e. The van der Waals surface area contributed by atoms with Gasteiger partial charge in [-0.25, -0.2) is 0 Å². The number of allylic oxidation sites excluding steroid dienone is 1. The highest BCUT2D eigenvalue weighted by atomic mass is 19.4. The minimum atomic E-state index is -4.57. The van der Waals surface area contributed by atoms with Gasteiger partial charge in [-0.3, -0.25) is 10.0 Å². The Labute approximate surface area is 149 Å². The maximum Gasteiger partial charge on any atom is 0.411 e. The number of fused-ring (bicyclic) bond motifs is 1. The highest BCUT2D eigenvalue weighted by Gasteiger charge is 2.56. The Morgan fingerprint density at radius 3 is 2.44 bits per heavy atom. The zero-order valence-electron chi connectivity index (χ0n) is 15.9. The van der Waals surface area contributed by atoms with Crippen molar-refractivity contribution >= 4 is 0 Å². The van der Waals surface area contributed by atoms with Gasteiger partial charge in [-0.1, -0.05) is 51.0 Å². The summed E-state index contributed by atoms with van der Waals surface area (Å²) < 4.78 is 40.3. The van der Waals surface area contributed by atoms with E-state index in [4.69, 9.17) is 4.84 Å². The van der Waals surface area contributed by atoms with E-state index in [1.807, 2.05) is 0 Å². The summed E-state index contributed by atoms with van der Waals surface area (Å²) in [7, 11) is 0. The van der Waals surface area contributed by atoms with E-state index in [9.17, 15) is 18.4 Å². The summed E-state index contributed by atoms with van der Waals surface area (Å²) in [6.45, 7) is 8.79. The summed E-state index contributed by atoms with van der Waals surface area (Å²) in [4.78, 5) is 5.62. The molecule has 0 aromatic carbocycles. The second-order valence-corrected chi connectivity index (χ2v) is 8.11. The summed E-state index contributed by atoms with van der Waals surface area (Å²) in [5.74, 6) is 1.23. The van der Waals surface area contributed by atoms with Crippen molar-refractivity contribution < 1.29 is 23.2 Å². The Morgan fingerprint density at radius 2 is 1.92 bits per heavy atom. The molecule has 0 bridgehead atoms. The first-order chi connectivity index (χ1) is 11.5. The average molecular weight is 363 g/mol. The molecule has 0 spiro atoms. The van der Waals surface area contributed by atoms with E-state index in [1.54, 1.807) is 0 Å². The van der Waals surface area contributed by atoms with Crippen LogP contribution in [0.5, 0.6) is 0 Å². The molecule has 2 aliphatic carbocycles. The minimum absolute atomic E-state index is 0.0916. The zero-order chi connectivity index (χ0) is 19.0. The molecule has 0 radical (unpaired) electrons. The SMILES string of the molecule is CCC1C(C)CCC2=CC(C)C[C@H](ON(O)C(C)(CC)C(F)(F)F)C21. The third kappa shape index (κ3) is 3.91. The largest absolute Gasteiger partial charge is 0.411 e. The molecule has 1 fully saturated rings. The van der Waals surface area contributed by atoms with Gasteiger partial charge in [-0.15, -0.1) is 0 Å². The van der Waals surface area contributed by atoms with Crippen LogP contribution < -0.4 is 0 Å². The maximum absolute atomic E-state index is 13.4. The lowest BCUT2D eigenvalue weighted by Crippen LogP contribution is -2.57. The third-order valence-corrected chi connectivity index (χ3v) is 6.44. The molecular formula is C19H32F3NO2. The van der Waals surface area contributed by atoms with Gasteiger partial charge in [-0.2, -0.15) is 13.2 Å². The molecule has 3 nitrogen and oxygen atoms in total. The van der Waals surface area contributed by atoms with Crippen LogP contribution in [0.25, 0.3) is 0 Å². The number of hydroxylamine groups is 2. The van der Waals surface area contributed by atoms with Crippen molar-refractivity contribution in [3.63, 3.8) is 0 Å². The van der Waals surface area contributed by atoms with Crippen LogP contribution in [0.4, 0.5) is 13.2 Å². The predicted octanol–water partition coefficient (Wildman–Crippen LogP) is 5.75. The van der Waals surface area contributed by atoms with Gasteiger partial charge in [0.1, 0.15) is 0 Å². The highest BCUT2D eigenvalue weighted by molar-refractivity contribution is 5.19. The monoisotopic (exact) mass is 363 g/mol. The van der Waals surface area contributed by atoms with Crippen LogP contribution in [0.15, 0.2) is 11.6 Å². The number of halogens is 3. The summed E-state index contributed by atoms with van der Waals surface area (Å²) in [6.07, 6.45) is 0.681. The van der Waals surface area contributed by atoms with Crippen LogP contribution in [0.3, 0.4) is 0 Å². The molecule has 0 heterocycles. The van der Waals surface area contributed by atoms with Gasteiger partial charge in [0.25, 0.3) is 0 Å². The van der Waals surface area contributed by atoms with E-state index in [2.05, 4.69) is 26.8 Å². The molecule has 5 unspecified atom stereocenters. The molecule has 0 aliphatic heterocycles. The second-order valence-electron chi connectivity index (χ2n) is 8.11. The van der Waals surface area contributed by atoms with Crippen molar-refractivity contribution in [2.45, 2.75) is 84.5 Å². The summed E-state index contributed by atoms with van der Waals surface area (Å²) in [6, 6.07) is 0. The lowest BCUT2D eigenvalue weighted by atomic mass is 9.63. The van der Waals surface area contributed by atoms with Gasteiger partial charge in [0.15, 0.2) is 5.54 Å². The van der Waals surface area contributed by atoms with E-state index in [0.29, 0.717) is 18.3 Å². The van der Waals surface area contributed by atoms with E-state index >= 15 is 0 Å². The van der Waals surface area contributed by atoms with Crippen molar-refractivity contribution in [1.82, 2.24) is 5.23 Å². The molecule has 2 rings (SSSR count). The van der Waals surface area contributed by atoms with Gasteiger partial charge >= 0.3 is 6.18 Å². The Balaban J connectivity index is 2.26. The smallest absolute Gasteiger partial charge is 0.289 e. The molecule has 6 atom stereocenters. The number of alkyl halides is 3. The summed E-state index contributed by atoms with van der Waals surface area (Å²) in [5, 5.41) is 10.3. The van der Waals surface area contributed by atoms with Crippen LogP contribution >= 0.6 is 0 Å². The second kappa shape index (κ2) is 7.57. The zero-order valence-corrected chi connectivity index (χ0v) is 15.9. The van der Waals surface area contributed by atoms with E-state index in [-0.39, 0.29) is 23.5 Å². The first kappa shape index (κ1) is 20.7. The normalized spacial score (nSPS) is 35.9. The first-order valence-electron chi connectivity index (χ1n) is 9.48. The standard InChI is InChI=1S/C19H32F3NO2/c1-6-15-13(4)8-9-14-10-12(3)11-16(17(14)15)25-23(24)18(5,7-2)19(20,21)22/h10,12-13,15-17,24H,6-9,11H2,1-5H3/t12?,13?,15?,16-,17?,18?/m0/s1. The van der Waals surface area contributed by atoms with Crippen molar-refractivity contribution in [3.05, 3.63) is 11.6 Å². The van der Waals surface area contributed by atoms with Crippen LogP contribution in [0.1, 0.15) is 66.7 Å². The van der Waals surface area contributed by atoms with E-state index in [1.165, 1.54) is 12.5 Å². The molecule has 0 amide bonds. The van der Waals surface area contributed by atoms with E-state index in [0.717, 1.165) is 26.2 Å². The maximum atomic E-state index is 13.4. The molecule has 6 heteroatoms. The van der Waals surface area contributed by atoms with Gasteiger partial charge < -0.3 is 0 Å². The van der Waals surface area contributed by atoms with Gasteiger partial charge in [0.05, 0.1) is 6.10 Å². The quantitative estimate of drug-likeness (QED) is 0.499. The summed E-state index contributed by atoms with van der Waals surface area (Å²) in [5.41, 5.74) is -1.10. The van der Waals surface area contributed by atoms with Crippen LogP contribution in [-0.4, -0.2) is 28.3 Å². The third-order valence-electron chi connectivity index (χ3n) is 6.44. The van der Waals surface area contributed by atoms with Crippen molar-refractivity contribution in [2.75, 3.05) is 0 Å². The lowest BCUT2D eigenvalue weighted by molar-refractivity contribution is -0.450. The Hall–Kier alpha value is -0.590. The number of hydrogen-bond donors (Lipinski definition) is 1. The van der Waals surface area contributed by atoms with Crippen LogP contribution in [0.2, 0.25) is 0 Å². The summed E-state index contributed by atoms with van der Waals surface area (Å²) >= 11 is 0. The molecule has 0 aromatic heterocycles. The lowest BCUT2D eigenvalue weighted by Gasteiger charge is -2.47. The molecule has 1 N–H and O–H groups in total. The predicted molar refractivity (Wildman–Crippen MR) is 90.8 cm³/mol. The average Bonchev–Trinajstić information content (AvgIpc) is 2.53. The molecule has 146 valence electrons. The Morgan fingerprint density at radius 1 is 1.28 bits per heavy atom. The highest BCUT2D eigenvalue weighted by Crippen LogP contribution is 2.48. The molecule has 1 saturated carbocycles. The molecule has 0 aromatic rings. The first-order valence-corrected chi connectivity index (χ1v) is 9.48. The molecule has 25 heavy (non-hydrogen) atoms. The number of nitrogens with zero attached hydrogens (tertiary/aromatic N) is 1. The fourth-order valence-electron chi connectivity index (χ4n) is 4.51. The van der Waals surface area contributed by atoms with Crippen molar-refractivity contribution in [1.29, 1.82) is 0 Å². The van der Waals surface area contributed by atoms with Crippen molar-refractivity contribution in [2.24, 2.45) is 23.7 Å². The van der Waals surface area contributed by atoms with Gasteiger partial charge in [0.2, 0.25) is 0 Å². The molecule has 0 saturated heterocycles. The molecular weight excluding hydrogens is 331 g/mol.